The summed E-state index contributed by atoms with van der Waals surface area (Å²) in [7, 11) is 0. The van der Waals surface area contributed by atoms with E-state index in [4.69, 9.17) is 0 Å². The Morgan fingerprint density at radius 2 is 1.55 bits per heavy atom. The molecule has 8 heteroatoms. The number of imidazole rings is 1. The Balaban J connectivity index is 1.75. The summed E-state index contributed by atoms with van der Waals surface area (Å²) in [5, 5.41) is 0. The number of rotatable bonds is 3. The number of hydrogen-bond donors (Lipinski definition) is 1. The van der Waals surface area contributed by atoms with Crippen molar-refractivity contribution < 1.29 is 8.78 Å². The predicted octanol–water partition coefficient (Wildman–Crippen LogP) is 4.42. The summed E-state index contributed by atoms with van der Waals surface area (Å²) in [5.74, 6) is -0.361. The molecule has 0 radical (unpaired) electrons. The van der Waals surface area contributed by atoms with Crippen LogP contribution < -0.4 is 0 Å². The third-order valence-electron chi connectivity index (χ3n) is 4.41. The number of fused-ring (bicyclic) bond motifs is 1. The van der Waals surface area contributed by atoms with Crippen molar-refractivity contribution >= 4 is 11.3 Å². The molecule has 0 aliphatic rings. The molecule has 0 fully saturated rings. The lowest BCUT2D eigenvalue weighted by atomic mass is 10.1. The van der Waals surface area contributed by atoms with Crippen LogP contribution in [0.2, 0.25) is 0 Å². The summed E-state index contributed by atoms with van der Waals surface area (Å²) >= 11 is 0. The summed E-state index contributed by atoms with van der Waals surface area (Å²) in [6, 6.07) is 11.0. The second kappa shape index (κ2) is 6.83. The lowest BCUT2D eigenvalue weighted by Crippen LogP contribution is -1.97. The van der Waals surface area contributed by atoms with Crippen LogP contribution in [0.1, 0.15) is 0 Å². The van der Waals surface area contributed by atoms with Gasteiger partial charge in [0.1, 0.15) is 23.0 Å². The van der Waals surface area contributed by atoms with Crippen LogP contribution in [-0.4, -0.2) is 29.9 Å². The van der Waals surface area contributed by atoms with Crippen LogP contribution in [0.3, 0.4) is 0 Å². The van der Waals surface area contributed by atoms with Crippen LogP contribution >= 0.6 is 0 Å². The van der Waals surface area contributed by atoms with Gasteiger partial charge in [0.05, 0.1) is 6.20 Å². The second-order valence-electron chi connectivity index (χ2n) is 6.28. The van der Waals surface area contributed by atoms with Crippen LogP contribution in [0.4, 0.5) is 8.78 Å². The maximum Gasteiger partial charge on any atom is 0.198 e. The average Bonchev–Trinajstić information content (AvgIpc) is 3.17. The van der Waals surface area contributed by atoms with E-state index in [-0.39, 0.29) is 11.4 Å². The first-order valence-corrected chi connectivity index (χ1v) is 8.73. The van der Waals surface area contributed by atoms with Crippen molar-refractivity contribution in [3.05, 3.63) is 78.9 Å². The first kappa shape index (κ1) is 17.1. The summed E-state index contributed by atoms with van der Waals surface area (Å²) in [5.41, 5.74) is 3.19. The van der Waals surface area contributed by atoms with Gasteiger partial charge in [0.25, 0.3) is 0 Å². The van der Waals surface area contributed by atoms with Gasteiger partial charge in [-0.2, -0.15) is 0 Å². The van der Waals surface area contributed by atoms with Crippen molar-refractivity contribution in [3.63, 3.8) is 0 Å². The van der Waals surface area contributed by atoms with Gasteiger partial charge in [0.15, 0.2) is 17.1 Å². The minimum atomic E-state index is -0.513. The molecular formula is C21H12F2N6. The fraction of sp³-hybridized carbons (Fsp3) is 0. The van der Waals surface area contributed by atoms with Crippen molar-refractivity contribution in [3.8, 4) is 33.9 Å². The Hall–Kier alpha value is -4.07. The molecule has 0 aliphatic heterocycles. The van der Waals surface area contributed by atoms with Gasteiger partial charge >= 0.3 is 0 Å². The summed E-state index contributed by atoms with van der Waals surface area (Å²) < 4.78 is 27.7. The van der Waals surface area contributed by atoms with E-state index in [1.807, 2.05) is 6.07 Å². The molecule has 6 nitrogen and oxygen atoms in total. The maximum absolute atomic E-state index is 14.5. The van der Waals surface area contributed by atoms with Gasteiger partial charge < -0.3 is 4.98 Å². The Labute approximate surface area is 163 Å². The lowest BCUT2D eigenvalue weighted by Gasteiger charge is -2.08. The van der Waals surface area contributed by atoms with Gasteiger partial charge in [-0.3, -0.25) is 9.97 Å². The number of aromatic nitrogens is 6. The van der Waals surface area contributed by atoms with Crippen LogP contribution in [0.5, 0.6) is 0 Å². The number of nitrogens with zero attached hydrogens (tertiary/aromatic N) is 5. The molecule has 1 N–H and O–H groups in total. The van der Waals surface area contributed by atoms with E-state index in [9.17, 15) is 8.78 Å². The summed E-state index contributed by atoms with van der Waals surface area (Å²) in [4.78, 5) is 24.7. The van der Waals surface area contributed by atoms with E-state index in [1.165, 1.54) is 18.3 Å². The standard InChI is InChI=1S/C21H12F2N6/c22-14-5-3-12(4-6-14)19-28-20-21(29-19)27-18(15-7-9-25-11-16(15)23)17(26-20)13-2-1-8-24-10-13/h1-11H,(H,26,27,28,29). The molecule has 4 heterocycles. The zero-order chi connectivity index (χ0) is 19.8. The van der Waals surface area contributed by atoms with E-state index >= 15 is 0 Å². The average molecular weight is 386 g/mol. The molecule has 0 aliphatic carbocycles. The molecular weight excluding hydrogens is 374 g/mol. The van der Waals surface area contributed by atoms with Crippen molar-refractivity contribution in [2.45, 2.75) is 0 Å². The molecule has 0 amide bonds. The van der Waals surface area contributed by atoms with Crippen LogP contribution in [-0.2, 0) is 0 Å². The first-order valence-electron chi connectivity index (χ1n) is 8.73. The smallest absolute Gasteiger partial charge is 0.198 e. The number of hydrogen-bond acceptors (Lipinski definition) is 5. The Morgan fingerprint density at radius 3 is 2.31 bits per heavy atom. The lowest BCUT2D eigenvalue weighted by molar-refractivity contribution is 0.624. The highest BCUT2D eigenvalue weighted by molar-refractivity contribution is 5.84. The van der Waals surface area contributed by atoms with Gasteiger partial charge in [-0.05, 0) is 42.5 Å². The van der Waals surface area contributed by atoms with Gasteiger partial charge in [-0.15, -0.1) is 0 Å². The molecule has 0 atom stereocenters. The molecule has 4 aromatic heterocycles. The van der Waals surface area contributed by atoms with Gasteiger partial charge in [-0.25, -0.2) is 23.7 Å². The van der Waals surface area contributed by atoms with Crippen molar-refractivity contribution in [2.75, 3.05) is 0 Å². The van der Waals surface area contributed by atoms with Gasteiger partial charge in [0, 0.05) is 35.3 Å². The van der Waals surface area contributed by atoms with E-state index < -0.39 is 5.82 Å². The third-order valence-corrected chi connectivity index (χ3v) is 4.41. The molecule has 0 saturated carbocycles. The number of aromatic amines is 1. The Bertz CT molecular complexity index is 1320. The van der Waals surface area contributed by atoms with Crippen LogP contribution in [0.15, 0.2) is 67.3 Å². The molecule has 1 aromatic carbocycles. The Morgan fingerprint density at radius 1 is 0.724 bits per heavy atom. The minimum Gasteiger partial charge on any atom is -0.321 e. The fourth-order valence-electron chi connectivity index (χ4n) is 3.04. The zero-order valence-corrected chi connectivity index (χ0v) is 14.8. The first-order chi connectivity index (χ1) is 14.2. The highest BCUT2D eigenvalue weighted by Gasteiger charge is 2.18. The molecule has 0 saturated heterocycles. The van der Waals surface area contributed by atoms with E-state index in [1.54, 1.807) is 36.7 Å². The number of pyridine rings is 2. The monoisotopic (exact) mass is 386 g/mol. The van der Waals surface area contributed by atoms with Crippen molar-refractivity contribution in [1.29, 1.82) is 0 Å². The topological polar surface area (TPSA) is 80.2 Å². The molecule has 5 aromatic rings. The number of nitrogens with one attached hydrogen (secondary N) is 1. The highest BCUT2D eigenvalue weighted by atomic mass is 19.1. The zero-order valence-electron chi connectivity index (χ0n) is 14.8. The van der Waals surface area contributed by atoms with Crippen molar-refractivity contribution in [1.82, 2.24) is 29.9 Å². The maximum atomic E-state index is 14.5. The normalized spacial score (nSPS) is 11.1. The number of halogens is 2. The van der Waals surface area contributed by atoms with Crippen LogP contribution in [0.25, 0.3) is 45.2 Å². The number of benzene rings is 1. The van der Waals surface area contributed by atoms with Gasteiger partial charge in [0.2, 0.25) is 0 Å². The number of H-pyrrole nitrogens is 1. The largest absolute Gasteiger partial charge is 0.321 e. The minimum absolute atomic E-state index is 0.264. The molecule has 0 unspecified atom stereocenters. The van der Waals surface area contributed by atoms with E-state index in [0.29, 0.717) is 39.6 Å². The van der Waals surface area contributed by atoms with E-state index in [0.717, 1.165) is 6.20 Å². The Kier molecular flexibility index (Phi) is 4.02. The molecule has 0 spiro atoms. The predicted molar refractivity (Wildman–Crippen MR) is 103 cm³/mol. The second-order valence-corrected chi connectivity index (χ2v) is 6.28. The van der Waals surface area contributed by atoms with E-state index in [2.05, 4.69) is 29.9 Å². The molecule has 0 bridgehead atoms. The highest BCUT2D eigenvalue weighted by Crippen LogP contribution is 2.32. The van der Waals surface area contributed by atoms with Crippen molar-refractivity contribution in [2.24, 2.45) is 0 Å². The third kappa shape index (κ3) is 3.10. The quantitative estimate of drug-likeness (QED) is 0.496. The van der Waals surface area contributed by atoms with Crippen LogP contribution in [0, 0.1) is 11.6 Å². The molecule has 5 rings (SSSR count). The fourth-order valence-corrected chi connectivity index (χ4v) is 3.04. The molecule has 140 valence electrons. The molecule has 29 heavy (non-hydrogen) atoms. The summed E-state index contributed by atoms with van der Waals surface area (Å²) in [6.45, 7) is 0. The summed E-state index contributed by atoms with van der Waals surface area (Å²) in [6.07, 6.45) is 5.90. The SMILES string of the molecule is Fc1ccc(-c2nc3nc(-c4ccncc4F)c(-c4cccnc4)nc3[nH]2)cc1. The van der Waals surface area contributed by atoms with Gasteiger partial charge in [-0.1, -0.05) is 0 Å².